The van der Waals surface area contributed by atoms with Gasteiger partial charge < -0.3 is 5.11 Å². The topological polar surface area (TPSA) is 75.6 Å². The Kier molecular flexibility index (Phi) is 9.56. The van der Waals surface area contributed by atoms with E-state index in [1.54, 1.807) is 36.7 Å². The number of nitrogens with zero attached hydrogens (tertiary/aromatic N) is 3. The number of halogens is 1. The van der Waals surface area contributed by atoms with Crippen molar-refractivity contribution >= 4 is 30.0 Å². The van der Waals surface area contributed by atoms with Gasteiger partial charge >= 0.3 is 0 Å². The predicted octanol–water partition coefficient (Wildman–Crippen LogP) is 5.35. The molecule has 0 amide bonds. The van der Waals surface area contributed by atoms with Crippen molar-refractivity contribution in [1.29, 1.82) is 0 Å². The van der Waals surface area contributed by atoms with Gasteiger partial charge in [0.2, 0.25) is 5.95 Å². The zero-order chi connectivity index (χ0) is 23.8. The summed E-state index contributed by atoms with van der Waals surface area (Å²) in [6, 6.07) is 6.14. The standard InChI is InChI=1S/C24H30FN3O3S/c1-15(2)22-21(12-7-16(3)13-20(30)14-17(4)29)23(18-8-10-19(25)11-9-18)27-24(26-22)28(5)32-31-6/h7-12,15,20,30H,3,13-14H2,1-2,4-6H3/b12-7+. The number of rotatable bonds is 11. The molecule has 2 rings (SSSR count). The predicted molar refractivity (Wildman–Crippen MR) is 129 cm³/mol. The molecule has 1 unspecified atom stereocenters. The normalized spacial score (nSPS) is 12.4. The highest BCUT2D eigenvalue weighted by Crippen LogP contribution is 2.32. The average Bonchev–Trinajstić information content (AvgIpc) is 2.71. The molecule has 1 atom stereocenters. The number of anilines is 1. The Labute approximate surface area is 193 Å². The molecular formula is C24H30FN3O3S. The Morgan fingerprint density at radius 1 is 1.28 bits per heavy atom. The highest BCUT2D eigenvalue weighted by molar-refractivity contribution is 7.96. The second-order valence-corrected chi connectivity index (χ2v) is 8.86. The van der Waals surface area contributed by atoms with Crippen molar-refractivity contribution in [3.05, 3.63) is 59.6 Å². The maximum atomic E-state index is 13.5. The molecule has 0 aliphatic heterocycles. The summed E-state index contributed by atoms with van der Waals surface area (Å²) in [5.74, 6) is 0.141. The molecule has 0 bridgehead atoms. The van der Waals surface area contributed by atoms with Crippen molar-refractivity contribution < 1.29 is 18.5 Å². The second-order valence-electron chi connectivity index (χ2n) is 7.83. The molecule has 1 heterocycles. The lowest BCUT2D eigenvalue weighted by molar-refractivity contribution is -0.118. The van der Waals surface area contributed by atoms with E-state index in [2.05, 4.69) is 6.58 Å². The Balaban J connectivity index is 2.54. The van der Waals surface area contributed by atoms with E-state index < -0.39 is 6.10 Å². The number of aromatic nitrogens is 2. The minimum Gasteiger partial charge on any atom is -0.392 e. The second kappa shape index (κ2) is 11.9. The molecule has 0 aliphatic carbocycles. The van der Waals surface area contributed by atoms with Crippen LogP contribution in [-0.2, 0) is 8.98 Å². The van der Waals surface area contributed by atoms with E-state index in [4.69, 9.17) is 14.2 Å². The lowest BCUT2D eigenvalue weighted by Crippen LogP contribution is -2.14. The van der Waals surface area contributed by atoms with Gasteiger partial charge in [-0.1, -0.05) is 38.2 Å². The highest BCUT2D eigenvalue weighted by atomic mass is 32.2. The van der Waals surface area contributed by atoms with Crippen LogP contribution in [0.5, 0.6) is 0 Å². The van der Waals surface area contributed by atoms with Crippen LogP contribution in [0.3, 0.4) is 0 Å². The number of hydrogen-bond donors (Lipinski definition) is 1. The van der Waals surface area contributed by atoms with Gasteiger partial charge in [-0.3, -0.25) is 13.3 Å². The van der Waals surface area contributed by atoms with Crippen molar-refractivity contribution in [2.45, 2.75) is 45.6 Å². The van der Waals surface area contributed by atoms with Gasteiger partial charge in [-0.15, -0.1) is 0 Å². The zero-order valence-electron chi connectivity index (χ0n) is 19.1. The summed E-state index contributed by atoms with van der Waals surface area (Å²) in [5, 5.41) is 10.0. The van der Waals surface area contributed by atoms with Crippen molar-refractivity contribution in [3.63, 3.8) is 0 Å². The van der Waals surface area contributed by atoms with Crippen LogP contribution in [0.2, 0.25) is 0 Å². The lowest BCUT2D eigenvalue weighted by atomic mass is 9.97. The van der Waals surface area contributed by atoms with Crippen LogP contribution in [0.1, 0.15) is 50.8 Å². The number of hydrogen-bond acceptors (Lipinski definition) is 7. The van der Waals surface area contributed by atoms with Gasteiger partial charge in [-0.25, -0.2) is 14.4 Å². The van der Waals surface area contributed by atoms with Crippen molar-refractivity contribution in [2.75, 3.05) is 18.5 Å². The smallest absolute Gasteiger partial charge is 0.237 e. The number of carbonyl (C=O) groups is 1. The summed E-state index contributed by atoms with van der Waals surface area (Å²) in [6.07, 6.45) is 3.26. The maximum Gasteiger partial charge on any atom is 0.237 e. The summed E-state index contributed by atoms with van der Waals surface area (Å²) < 4.78 is 20.4. The molecule has 8 heteroatoms. The van der Waals surface area contributed by atoms with E-state index in [1.807, 2.05) is 19.9 Å². The van der Waals surface area contributed by atoms with Gasteiger partial charge in [0.1, 0.15) is 23.8 Å². The van der Waals surface area contributed by atoms with Crippen LogP contribution < -0.4 is 4.31 Å². The molecule has 1 aromatic heterocycles. The van der Waals surface area contributed by atoms with Crippen LogP contribution in [0.4, 0.5) is 10.3 Å². The molecule has 172 valence electrons. The molecule has 1 aromatic carbocycles. The van der Waals surface area contributed by atoms with Gasteiger partial charge in [-0.2, -0.15) is 0 Å². The first kappa shape index (κ1) is 25.7. The minimum absolute atomic E-state index is 0.0722. The molecule has 0 aliphatic rings. The first-order valence-corrected chi connectivity index (χ1v) is 11.0. The molecule has 1 N–H and O–H groups in total. The third kappa shape index (κ3) is 7.25. The first-order chi connectivity index (χ1) is 15.1. The Morgan fingerprint density at radius 2 is 1.94 bits per heavy atom. The fourth-order valence-electron chi connectivity index (χ4n) is 3.17. The fraction of sp³-hybridized carbons (Fsp3) is 0.375. The van der Waals surface area contributed by atoms with Crippen LogP contribution in [0.25, 0.3) is 17.3 Å². The summed E-state index contributed by atoms with van der Waals surface area (Å²) in [5.41, 5.74) is 3.67. The number of benzene rings is 1. The number of aliphatic hydroxyl groups is 1. The van der Waals surface area contributed by atoms with Crippen LogP contribution in [-0.4, -0.2) is 41.1 Å². The summed E-state index contributed by atoms with van der Waals surface area (Å²) in [7, 11) is 3.37. The van der Waals surface area contributed by atoms with Gasteiger partial charge in [0.05, 0.1) is 24.6 Å². The molecule has 6 nitrogen and oxygen atoms in total. The summed E-state index contributed by atoms with van der Waals surface area (Å²) in [6.45, 7) is 9.52. The Bertz CT molecular complexity index is 977. The third-order valence-corrected chi connectivity index (χ3v) is 5.14. The SMILES string of the molecule is C=C(/C=C/c1c(-c2ccc(F)cc2)nc(N(C)SOC)nc1C(C)C)CC(O)CC(C)=O. The van der Waals surface area contributed by atoms with E-state index in [9.17, 15) is 14.3 Å². The molecule has 0 fully saturated rings. The fourth-order valence-corrected chi connectivity index (χ4v) is 3.54. The van der Waals surface area contributed by atoms with E-state index in [0.717, 1.165) is 29.0 Å². The first-order valence-electron chi connectivity index (χ1n) is 10.3. The molecule has 2 aromatic rings. The van der Waals surface area contributed by atoms with Gasteiger partial charge in [0.15, 0.2) is 0 Å². The average molecular weight is 460 g/mol. The molecule has 0 spiro atoms. The van der Waals surface area contributed by atoms with Crippen molar-refractivity contribution in [3.8, 4) is 11.3 Å². The third-order valence-electron chi connectivity index (χ3n) is 4.60. The summed E-state index contributed by atoms with van der Waals surface area (Å²) in [4.78, 5) is 20.7. The van der Waals surface area contributed by atoms with Gasteiger partial charge in [0, 0.05) is 24.6 Å². The lowest BCUT2D eigenvalue weighted by Gasteiger charge is -2.20. The van der Waals surface area contributed by atoms with E-state index >= 15 is 0 Å². The van der Waals surface area contributed by atoms with E-state index in [-0.39, 0.29) is 30.4 Å². The highest BCUT2D eigenvalue weighted by Gasteiger charge is 2.19. The van der Waals surface area contributed by atoms with Crippen molar-refractivity contribution in [1.82, 2.24) is 9.97 Å². The Hall–Kier alpha value is -2.55. The molecule has 0 saturated carbocycles. The molecule has 0 saturated heterocycles. The molecule has 0 radical (unpaired) electrons. The number of ketones is 1. The van der Waals surface area contributed by atoms with Crippen LogP contribution >= 0.6 is 12.2 Å². The van der Waals surface area contributed by atoms with Crippen LogP contribution in [0.15, 0.2) is 42.5 Å². The van der Waals surface area contributed by atoms with Crippen LogP contribution in [0, 0.1) is 5.82 Å². The maximum absolute atomic E-state index is 13.5. The quantitative estimate of drug-likeness (QED) is 0.276. The van der Waals surface area contributed by atoms with E-state index in [0.29, 0.717) is 17.2 Å². The number of allylic oxidation sites excluding steroid dienone is 1. The van der Waals surface area contributed by atoms with Gasteiger partial charge in [0.25, 0.3) is 0 Å². The molecule has 32 heavy (non-hydrogen) atoms. The van der Waals surface area contributed by atoms with Crippen molar-refractivity contribution in [2.24, 2.45) is 0 Å². The largest absolute Gasteiger partial charge is 0.392 e. The monoisotopic (exact) mass is 459 g/mol. The Morgan fingerprint density at radius 3 is 2.50 bits per heavy atom. The number of Topliss-reactive ketones (excluding diaryl/α,β-unsaturated/α-hetero) is 1. The molecular weight excluding hydrogens is 429 g/mol. The van der Waals surface area contributed by atoms with Gasteiger partial charge in [-0.05, 0) is 43.5 Å². The summed E-state index contributed by atoms with van der Waals surface area (Å²) >= 11 is 1.11. The van der Waals surface area contributed by atoms with E-state index in [1.165, 1.54) is 19.1 Å². The minimum atomic E-state index is -0.774. The number of carbonyl (C=O) groups excluding carboxylic acids is 1. The number of aliphatic hydroxyl groups excluding tert-OH is 1. The zero-order valence-corrected chi connectivity index (χ0v) is 19.9.